The molecule has 4 aromatic carbocycles. The van der Waals surface area contributed by atoms with Crippen LogP contribution in [-0.4, -0.2) is 0 Å². The maximum Gasteiger partial charge on any atom is -0.00990 e. The monoisotopic (exact) mass is 366 g/mol. The molecule has 0 aliphatic rings. The molecule has 0 bridgehead atoms. The average molecular weight is 367 g/mol. The van der Waals surface area contributed by atoms with Gasteiger partial charge in [-0.1, -0.05) is 114 Å². The predicted octanol–water partition coefficient (Wildman–Crippen LogP) is 8.26. The molecule has 0 aliphatic heterocycles. The quantitative estimate of drug-likeness (QED) is 0.318. The van der Waals surface area contributed by atoms with E-state index >= 15 is 0 Å². The Hall–Kier alpha value is -2.60. The lowest BCUT2D eigenvalue weighted by Gasteiger charge is -2.25. The van der Waals surface area contributed by atoms with Gasteiger partial charge in [0, 0.05) is 0 Å². The molecule has 4 aromatic rings. The fourth-order valence-electron chi connectivity index (χ4n) is 4.38. The van der Waals surface area contributed by atoms with Crippen LogP contribution in [0.25, 0.3) is 32.7 Å². The number of benzene rings is 4. The Morgan fingerprint density at radius 1 is 0.393 bits per heavy atom. The van der Waals surface area contributed by atoms with Crippen LogP contribution >= 0.6 is 0 Å². The molecule has 0 fully saturated rings. The third-order valence-electron chi connectivity index (χ3n) is 5.75. The smallest absolute Gasteiger partial charge is 0.00990 e. The van der Waals surface area contributed by atoms with Crippen LogP contribution < -0.4 is 0 Å². The van der Waals surface area contributed by atoms with Crippen LogP contribution in [0.1, 0.15) is 52.7 Å². The van der Waals surface area contributed by atoms with Gasteiger partial charge in [-0.15, -0.1) is 0 Å². The molecule has 0 heteroatoms. The van der Waals surface area contributed by atoms with E-state index in [2.05, 4.69) is 114 Å². The minimum atomic E-state index is 0.121. The summed E-state index contributed by atoms with van der Waals surface area (Å²) in [6, 6.07) is 27.0. The molecule has 0 unspecified atom stereocenters. The van der Waals surface area contributed by atoms with Gasteiger partial charge in [0.15, 0.2) is 0 Å². The van der Waals surface area contributed by atoms with E-state index in [9.17, 15) is 0 Å². The zero-order valence-corrected chi connectivity index (χ0v) is 17.9. The van der Waals surface area contributed by atoms with E-state index in [0.717, 1.165) is 0 Å². The normalized spacial score (nSPS) is 12.6. The van der Waals surface area contributed by atoms with Gasteiger partial charge in [0.2, 0.25) is 0 Å². The van der Waals surface area contributed by atoms with Crippen molar-refractivity contribution in [2.24, 2.45) is 0 Å². The third kappa shape index (κ3) is 3.11. The van der Waals surface area contributed by atoms with Crippen molar-refractivity contribution in [3.63, 3.8) is 0 Å². The van der Waals surface area contributed by atoms with Gasteiger partial charge in [-0.3, -0.25) is 0 Å². The molecule has 0 radical (unpaired) electrons. The SMILES string of the molecule is CC(C)(C)c1ccc(-c2ccc(C(C)(C)C)c3ccccc23)c2ccccc12. The molecule has 0 saturated carbocycles. The number of hydrogen-bond donors (Lipinski definition) is 0. The number of hydrogen-bond acceptors (Lipinski definition) is 0. The van der Waals surface area contributed by atoms with Gasteiger partial charge in [0.25, 0.3) is 0 Å². The highest BCUT2D eigenvalue weighted by Gasteiger charge is 2.21. The van der Waals surface area contributed by atoms with Crippen molar-refractivity contribution < 1.29 is 0 Å². The standard InChI is InChI=1S/C28H30/c1-27(2,3)25-17-15-21(19-11-7-9-13-23(19)25)22-16-18-26(28(4,5)6)24-14-10-8-12-20(22)24/h7-18H,1-6H3. The molecular formula is C28H30. The molecule has 0 aliphatic carbocycles. The zero-order chi connectivity index (χ0) is 20.1. The first-order valence-electron chi connectivity index (χ1n) is 10.2. The molecule has 0 amide bonds. The van der Waals surface area contributed by atoms with E-state index in [0.29, 0.717) is 0 Å². The molecule has 28 heavy (non-hydrogen) atoms. The summed E-state index contributed by atoms with van der Waals surface area (Å²) in [6.45, 7) is 13.8. The third-order valence-corrected chi connectivity index (χ3v) is 5.75. The van der Waals surface area contributed by atoms with Crippen LogP contribution in [-0.2, 0) is 10.8 Å². The second-order valence-corrected chi connectivity index (χ2v) is 9.91. The predicted molar refractivity (Wildman–Crippen MR) is 124 cm³/mol. The van der Waals surface area contributed by atoms with Crippen molar-refractivity contribution in [1.82, 2.24) is 0 Å². The second-order valence-electron chi connectivity index (χ2n) is 9.91. The molecule has 142 valence electrons. The van der Waals surface area contributed by atoms with Gasteiger partial charge in [-0.25, -0.2) is 0 Å². The largest absolute Gasteiger partial charge is 0.0616 e. The molecule has 0 nitrogen and oxygen atoms in total. The van der Waals surface area contributed by atoms with Crippen molar-refractivity contribution in [2.45, 2.75) is 52.4 Å². The summed E-state index contributed by atoms with van der Waals surface area (Å²) < 4.78 is 0. The van der Waals surface area contributed by atoms with Crippen LogP contribution in [0, 0.1) is 0 Å². The first-order valence-corrected chi connectivity index (χ1v) is 10.2. The van der Waals surface area contributed by atoms with Crippen LogP contribution in [0.2, 0.25) is 0 Å². The van der Waals surface area contributed by atoms with Crippen LogP contribution in [0.15, 0.2) is 72.8 Å². The van der Waals surface area contributed by atoms with Gasteiger partial charge in [0.1, 0.15) is 0 Å². The molecule has 0 N–H and O–H groups in total. The second kappa shape index (κ2) is 6.48. The summed E-state index contributed by atoms with van der Waals surface area (Å²) in [5.74, 6) is 0. The molecule has 0 atom stereocenters. The molecular weight excluding hydrogens is 336 g/mol. The van der Waals surface area contributed by atoms with Crippen molar-refractivity contribution in [1.29, 1.82) is 0 Å². The topological polar surface area (TPSA) is 0 Å². The van der Waals surface area contributed by atoms with E-state index in [1.807, 2.05) is 0 Å². The summed E-state index contributed by atoms with van der Waals surface area (Å²) in [7, 11) is 0. The first-order chi connectivity index (χ1) is 13.2. The van der Waals surface area contributed by atoms with Gasteiger partial charge < -0.3 is 0 Å². The Labute approximate surface area is 169 Å². The van der Waals surface area contributed by atoms with Gasteiger partial charge >= 0.3 is 0 Å². The summed E-state index contributed by atoms with van der Waals surface area (Å²) >= 11 is 0. The molecule has 0 heterocycles. The summed E-state index contributed by atoms with van der Waals surface area (Å²) in [4.78, 5) is 0. The van der Waals surface area contributed by atoms with E-state index in [1.165, 1.54) is 43.8 Å². The van der Waals surface area contributed by atoms with E-state index < -0.39 is 0 Å². The number of fused-ring (bicyclic) bond motifs is 2. The Bertz CT molecular complexity index is 1070. The zero-order valence-electron chi connectivity index (χ0n) is 17.9. The number of rotatable bonds is 1. The molecule has 4 rings (SSSR count). The van der Waals surface area contributed by atoms with Crippen molar-refractivity contribution in [3.8, 4) is 11.1 Å². The Morgan fingerprint density at radius 2 is 0.714 bits per heavy atom. The molecule has 0 saturated heterocycles. The van der Waals surface area contributed by atoms with Crippen molar-refractivity contribution in [2.75, 3.05) is 0 Å². The Balaban J connectivity index is 2.07. The lowest BCUT2D eigenvalue weighted by Crippen LogP contribution is -2.12. The van der Waals surface area contributed by atoms with Crippen LogP contribution in [0.5, 0.6) is 0 Å². The van der Waals surface area contributed by atoms with Crippen molar-refractivity contribution in [3.05, 3.63) is 83.9 Å². The Kier molecular flexibility index (Phi) is 4.34. The summed E-state index contributed by atoms with van der Waals surface area (Å²) in [5.41, 5.74) is 5.69. The van der Waals surface area contributed by atoms with E-state index in [-0.39, 0.29) is 10.8 Å². The van der Waals surface area contributed by atoms with Crippen LogP contribution in [0.4, 0.5) is 0 Å². The highest BCUT2D eigenvalue weighted by molar-refractivity contribution is 6.07. The molecule has 0 aromatic heterocycles. The summed E-state index contributed by atoms with van der Waals surface area (Å²) in [6.07, 6.45) is 0. The maximum absolute atomic E-state index is 2.32. The fourth-order valence-corrected chi connectivity index (χ4v) is 4.38. The average Bonchev–Trinajstić information content (AvgIpc) is 2.64. The van der Waals surface area contributed by atoms with Crippen LogP contribution in [0.3, 0.4) is 0 Å². The van der Waals surface area contributed by atoms with Crippen molar-refractivity contribution >= 4 is 21.5 Å². The summed E-state index contributed by atoms with van der Waals surface area (Å²) in [5, 5.41) is 5.39. The Morgan fingerprint density at radius 3 is 1.04 bits per heavy atom. The first kappa shape index (κ1) is 18.7. The van der Waals surface area contributed by atoms with E-state index in [4.69, 9.17) is 0 Å². The van der Waals surface area contributed by atoms with Gasteiger partial charge in [0.05, 0.1) is 0 Å². The van der Waals surface area contributed by atoms with Gasteiger partial charge in [-0.2, -0.15) is 0 Å². The minimum Gasteiger partial charge on any atom is -0.0616 e. The van der Waals surface area contributed by atoms with E-state index in [1.54, 1.807) is 0 Å². The maximum atomic E-state index is 2.32. The lowest BCUT2D eigenvalue weighted by atomic mass is 9.79. The van der Waals surface area contributed by atoms with Gasteiger partial charge in [-0.05, 0) is 54.6 Å². The molecule has 0 spiro atoms. The fraction of sp³-hybridized carbons (Fsp3) is 0.286. The lowest BCUT2D eigenvalue weighted by molar-refractivity contribution is 0.595. The highest BCUT2D eigenvalue weighted by Crippen LogP contribution is 2.40. The minimum absolute atomic E-state index is 0.121. The highest BCUT2D eigenvalue weighted by atomic mass is 14.2.